The van der Waals surface area contributed by atoms with E-state index in [1.54, 1.807) is 6.92 Å². The zero-order chi connectivity index (χ0) is 12.8. The number of rotatable bonds is 5. The van der Waals surface area contributed by atoms with Gasteiger partial charge in [-0.2, -0.15) is 0 Å². The molecule has 0 unspecified atom stereocenters. The van der Waals surface area contributed by atoms with Gasteiger partial charge in [-0.1, -0.05) is 11.6 Å². The van der Waals surface area contributed by atoms with E-state index in [4.69, 9.17) is 4.74 Å². The number of hydrogen-bond acceptors (Lipinski definition) is 4. The van der Waals surface area contributed by atoms with Crippen molar-refractivity contribution in [3.63, 3.8) is 0 Å². The lowest BCUT2D eigenvalue weighted by molar-refractivity contribution is -0.141. The van der Waals surface area contributed by atoms with E-state index in [9.17, 15) is 9.59 Å². The summed E-state index contributed by atoms with van der Waals surface area (Å²) >= 11 is 1.50. The molecule has 0 saturated heterocycles. The van der Waals surface area contributed by atoms with Crippen molar-refractivity contribution in [3.8, 4) is 0 Å². The van der Waals surface area contributed by atoms with Crippen LogP contribution < -0.4 is 0 Å². The predicted octanol–water partition coefficient (Wildman–Crippen LogP) is 2.85. The van der Waals surface area contributed by atoms with Crippen LogP contribution in [0.3, 0.4) is 0 Å². The van der Waals surface area contributed by atoms with Crippen molar-refractivity contribution >= 4 is 23.5 Å². The molecular weight excluding hydrogens is 236 g/mol. The summed E-state index contributed by atoms with van der Waals surface area (Å²) in [6.07, 6.45) is 1.72. The molecular formula is C13H16O3S. The molecule has 1 aromatic carbocycles. The van der Waals surface area contributed by atoms with Gasteiger partial charge in [-0.25, -0.2) is 0 Å². The Bertz CT molecular complexity index is 427. The van der Waals surface area contributed by atoms with Crippen LogP contribution in [-0.4, -0.2) is 24.6 Å². The Balaban J connectivity index is 2.87. The Labute approximate surface area is 106 Å². The number of benzene rings is 1. The Kier molecular flexibility index (Phi) is 5.22. The topological polar surface area (TPSA) is 43.4 Å². The largest absolute Gasteiger partial charge is 0.466 e. The second-order valence-corrected chi connectivity index (χ2v) is 4.46. The number of thioether (sulfide) groups is 1. The minimum atomic E-state index is -0.467. The van der Waals surface area contributed by atoms with Crippen LogP contribution in [0.1, 0.15) is 29.3 Å². The van der Waals surface area contributed by atoms with Crippen molar-refractivity contribution in [2.45, 2.75) is 25.2 Å². The average Bonchev–Trinajstić information content (AvgIpc) is 2.29. The van der Waals surface area contributed by atoms with Crippen LogP contribution in [0, 0.1) is 6.92 Å². The van der Waals surface area contributed by atoms with Crippen molar-refractivity contribution in [2.75, 3.05) is 12.9 Å². The first-order valence-corrected chi connectivity index (χ1v) is 6.64. The molecule has 0 radical (unpaired) electrons. The van der Waals surface area contributed by atoms with Gasteiger partial charge in [-0.15, -0.1) is 11.8 Å². The van der Waals surface area contributed by atoms with Crippen molar-refractivity contribution in [1.29, 1.82) is 0 Å². The van der Waals surface area contributed by atoms with Crippen molar-refractivity contribution in [2.24, 2.45) is 0 Å². The van der Waals surface area contributed by atoms with Crippen LogP contribution in [0.5, 0.6) is 0 Å². The van der Waals surface area contributed by atoms with E-state index in [0.717, 1.165) is 10.5 Å². The number of carbonyl (C=O) groups excluding carboxylic acids is 2. The van der Waals surface area contributed by atoms with Crippen LogP contribution in [0.25, 0.3) is 0 Å². The summed E-state index contributed by atoms with van der Waals surface area (Å²) in [4.78, 5) is 24.1. The van der Waals surface area contributed by atoms with Gasteiger partial charge in [0.05, 0.1) is 6.61 Å². The monoisotopic (exact) mass is 252 g/mol. The van der Waals surface area contributed by atoms with E-state index in [2.05, 4.69) is 0 Å². The van der Waals surface area contributed by atoms with Gasteiger partial charge in [0.15, 0.2) is 5.78 Å². The Hall–Kier alpha value is -1.29. The molecule has 0 spiro atoms. The summed E-state index contributed by atoms with van der Waals surface area (Å²) in [5, 5.41) is 0. The summed E-state index contributed by atoms with van der Waals surface area (Å²) in [5.74, 6) is -0.650. The van der Waals surface area contributed by atoms with E-state index >= 15 is 0 Å². The summed E-state index contributed by atoms with van der Waals surface area (Å²) in [6.45, 7) is 3.95. The third-order valence-electron chi connectivity index (χ3n) is 2.27. The fourth-order valence-electron chi connectivity index (χ4n) is 1.48. The van der Waals surface area contributed by atoms with E-state index < -0.39 is 5.97 Å². The molecule has 0 N–H and O–H groups in total. The predicted molar refractivity (Wildman–Crippen MR) is 68.5 cm³/mol. The highest BCUT2D eigenvalue weighted by Gasteiger charge is 2.15. The van der Waals surface area contributed by atoms with Crippen molar-refractivity contribution in [3.05, 3.63) is 29.3 Å². The van der Waals surface area contributed by atoms with Crippen LogP contribution in [0.2, 0.25) is 0 Å². The van der Waals surface area contributed by atoms with Gasteiger partial charge in [0.2, 0.25) is 0 Å². The van der Waals surface area contributed by atoms with E-state index in [1.165, 1.54) is 11.8 Å². The third kappa shape index (κ3) is 3.89. The molecule has 0 heterocycles. The Morgan fingerprint density at radius 1 is 1.35 bits per heavy atom. The summed E-state index contributed by atoms with van der Waals surface area (Å²) in [7, 11) is 0. The smallest absolute Gasteiger partial charge is 0.313 e. The van der Waals surface area contributed by atoms with Gasteiger partial charge in [0.1, 0.15) is 6.42 Å². The SMILES string of the molecule is CCOC(=O)CC(=O)c1cc(C)ccc1SC. The molecule has 1 rings (SSSR count). The van der Waals surface area contributed by atoms with Gasteiger partial charge in [-0.05, 0) is 32.2 Å². The molecule has 0 aromatic heterocycles. The molecule has 0 saturated carbocycles. The van der Waals surface area contributed by atoms with Gasteiger partial charge in [0.25, 0.3) is 0 Å². The average molecular weight is 252 g/mol. The molecule has 3 nitrogen and oxygen atoms in total. The minimum absolute atomic E-state index is 0.184. The second kappa shape index (κ2) is 6.45. The molecule has 4 heteroatoms. The highest BCUT2D eigenvalue weighted by molar-refractivity contribution is 7.98. The first-order chi connectivity index (χ1) is 8.08. The van der Waals surface area contributed by atoms with E-state index in [0.29, 0.717) is 12.2 Å². The molecule has 0 bridgehead atoms. The van der Waals surface area contributed by atoms with Gasteiger partial charge in [0, 0.05) is 10.5 Å². The van der Waals surface area contributed by atoms with E-state index in [-0.39, 0.29) is 12.2 Å². The standard InChI is InChI=1S/C13H16O3S/c1-4-16-13(15)8-11(14)10-7-9(2)5-6-12(10)17-3/h5-7H,4,8H2,1-3H3. The quantitative estimate of drug-likeness (QED) is 0.350. The third-order valence-corrected chi connectivity index (χ3v) is 3.06. The van der Waals surface area contributed by atoms with Crippen LogP contribution in [0.15, 0.2) is 23.1 Å². The number of ether oxygens (including phenoxy) is 1. The lowest BCUT2D eigenvalue weighted by Crippen LogP contribution is -2.12. The lowest BCUT2D eigenvalue weighted by Gasteiger charge is -2.07. The van der Waals surface area contributed by atoms with E-state index in [1.807, 2.05) is 31.4 Å². The second-order valence-electron chi connectivity index (χ2n) is 3.61. The summed E-state index contributed by atoms with van der Waals surface area (Å²) in [6, 6.07) is 5.67. The maximum Gasteiger partial charge on any atom is 0.313 e. The lowest BCUT2D eigenvalue weighted by atomic mass is 10.1. The molecule has 0 aliphatic heterocycles. The van der Waals surface area contributed by atoms with Gasteiger partial charge < -0.3 is 4.74 Å². The number of esters is 1. The van der Waals surface area contributed by atoms with Crippen molar-refractivity contribution in [1.82, 2.24) is 0 Å². The van der Waals surface area contributed by atoms with Crippen LogP contribution in [0.4, 0.5) is 0 Å². The maximum absolute atomic E-state index is 11.9. The summed E-state index contributed by atoms with van der Waals surface area (Å²) in [5.41, 5.74) is 1.61. The Morgan fingerprint density at radius 2 is 2.06 bits per heavy atom. The molecule has 0 fully saturated rings. The molecule has 92 valence electrons. The van der Waals surface area contributed by atoms with Crippen LogP contribution in [-0.2, 0) is 9.53 Å². The van der Waals surface area contributed by atoms with Crippen LogP contribution >= 0.6 is 11.8 Å². The first-order valence-electron chi connectivity index (χ1n) is 5.42. The minimum Gasteiger partial charge on any atom is -0.466 e. The molecule has 17 heavy (non-hydrogen) atoms. The highest BCUT2D eigenvalue weighted by atomic mass is 32.2. The molecule has 0 amide bonds. The zero-order valence-corrected chi connectivity index (χ0v) is 11.1. The molecule has 1 aromatic rings. The molecule has 0 atom stereocenters. The fraction of sp³-hybridized carbons (Fsp3) is 0.385. The number of aryl methyl sites for hydroxylation is 1. The number of Topliss-reactive ketones (excluding diaryl/α,β-unsaturated/α-hetero) is 1. The van der Waals surface area contributed by atoms with Crippen molar-refractivity contribution < 1.29 is 14.3 Å². The number of ketones is 1. The molecule has 0 aliphatic rings. The highest BCUT2D eigenvalue weighted by Crippen LogP contribution is 2.22. The fourth-order valence-corrected chi connectivity index (χ4v) is 2.07. The Morgan fingerprint density at radius 3 is 2.65 bits per heavy atom. The maximum atomic E-state index is 11.9. The normalized spacial score (nSPS) is 10.1. The number of hydrogen-bond donors (Lipinski definition) is 0. The van der Waals surface area contributed by atoms with Gasteiger partial charge in [-0.3, -0.25) is 9.59 Å². The zero-order valence-electron chi connectivity index (χ0n) is 10.3. The number of carbonyl (C=O) groups is 2. The molecule has 0 aliphatic carbocycles. The first kappa shape index (κ1) is 13.8. The van der Waals surface area contributed by atoms with Gasteiger partial charge >= 0.3 is 5.97 Å². The summed E-state index contributed by atoms with van der Waals surface area (Å²) < 4.78 is 4.77.